The van der Waals surface area contributed by atoms with Crippen molar-refractivity contribution in [1.29, 1.82) is 0 Å². The maximum atomic E-state index is 13.2. The van der Waals surface area contributed by atoms with Gasteiger partial charge in [0.2, 0.25) is 0 Å². The fraction of sp³-hybridized carbons (Fsp3) is 0.0500. The van der Waals surface area contributed by atoms with Crippen molar-refractivity contribution < 1.29 is 17.6 Å². The molecular formula is C20H15FO3S2. The molecule has 6 heteroatoms. The van der Waals surface area contributed by atoms with Crippen LogP contribution in [0.1, 0.15) is 10.4 Å². The minimum absolute atomic E-state index is 0.0730. The molecule has 0 saturated heterocycles. The highest BCUT2D eigenvalue weighted by molar-refractivity contribution is 8.14. The lowest BCUT2D eigenvalue weighted by Gasteiger charge is -2.17. The molecule has 0 N–H and O–H groups in total. The average molecular weight is 386 g/mol. The van der Waals surface area contributed by atoms with Crippen molar-refractivity contribution in [3.05, 3.63) is 96.3 Å². The number of ketones is 1. The van der Waals surface area contributed by atoms with E-state index in [-0.39, 0.29) is 10.5 Å². The second-order valence-electron chi connectivity index (χ2n) is 5.49. The highest BCUT2D eigenvalue weighted by Crippen LogP contribution is 2.33. The van der Waals surface area contributed by atoms with E-state index >= 15 is 0 Å². The molecule has 3 aromatic rings. The van der Waals surface area contributed by atoms with Crippen molar-refractivity contribution in [3.63, 3.8) is 0 Å². The quantitative estimate of drug-likeness (QED) is 0.459. The van der Waals surface area contributed by atoms with Crippen LogP contribution in [-0.2, 0) is 9.84 Å². The van der Waals surface area contributed by atoms with E-state index in [1.165, 1.54) is 24.3 Å². The molecule has 0 bridgehead atoms. The first-order valence-electron chi connectivity index (χ1n) is 7.79. The molecule has 3 aromatic carbocycles. The highest BCUT2D eigenvalue weighted by Gasteiger charge is 2.35. The van der Waals surface area contributed by atoms with Crippen molar-refractivity contribution in [2.75, 3.05) is 0 Å². The number of thioether (sulfide) groups is 1. The summed E-state index contributed by atoms with van der Waals surface area (Å²) in [6, 6.07) is 21.6. The second-order valence-corrected chi connectivity index (χ2v) is 9.00. The summed E-state index contributed by atoms with van der Waals surface area (Å²) in [7, 11) is -3.94. The van der Waals surface area contributed by atoms with Gasteiger partial charge in [0.25, 0.3) is 0 Å². The number of hydrogen-bond acceptors (Lipinski definition) is 4. The summed E-state index contributed by atoms with van der Waals surface area (Å²) in [5.74, 6) is -1.07. The first-order chi connectivity index (χ1) is 12.5. The van der Waals surface area contributed by atoms with Crippen LogP contribution in [0.15, 0.2) is 94.7 Å². The average Bonchev–Trinajstić information content (AvgIpc) is 2.67. The van der Waals surface area contributed by atoms with E-state index in [9.17, 15) is 17.6 Å². The van der Waals surface area contributed by atoms with Crippen LogP contribution >= 0.6 is 11.8 Å². The number of benzene rings is 3. The lowest BCUT2D eigenvalue weighted by molar-refractivity contribution is 0.101. The van der Waals surface area contributed by atoms with E-state index in [4.69, 9.17) is 0 Å². The largest absolute Gasteiger partial charge is 0.292 e. The molecule has 0 radical (unpaired) electrons. The molecular weight excluding hydrogens is 371 g/mol. The van der Waals surface area contributed by atoms with Crippen molar-refractivity contribution in [2.24, 2.45) is 0 Å². The van der Waals surface area contributed by atoms with E-state index in [0.717, 1.165) is 23.9 Å². The monoisotopic (exact) mass is 386 g/mol. The zero-order valence-corrected chi connectivity index (χ0v) is 15.2. The van der Waals surface area contributed by atoms with Gasteiger partial charge in [-0.3, -0.25) is 4.79 Å². The Kier molecular flexibility index (Phi) is 5.54. The van der Waals surface area contributed by atoms with Crippen LogP contribution in [0.3, 0.4) is 0 Å². The SMILES string of the molecule is O=C(c1ccc(F)cc1)C(Sc1ccccc1)S(=O)(=O)c1ccccc1. The Balaban J connectivity index is 2.04. The van der Waals surface area contributed by atoms with Gasteiger partial charge in [-0.15, -0.1) is 0 Å². The van der Waals surface area contributed by atoms with Crippen LogP contribution < -0.4 is 0 Å². The summed E-state index contributed by atoms with van der Waals surface area (Å²) >= 11 is 0.966. The van der Waals surface area contributed by atoms with E-state index in [1.54, 1.807) is 42.5 Å². The van der Waals surface area contributed by atoms with E-state index in [1.807, 2.05) is 6.07 Å². The maximum absolute atomic E-state index is 13.2. The molecule has 0 saturated carbocycles. The minimum atomic E-state index is -3.94. The Morgan fingerprint density at radius 3 is 1.92 bits per heavy atom. The third-order valence-electron chi connectivity index (χ3n) is 3.68. The summed E-state index contributed by atoms with van der Waals surface area (Å²) < 4.78 is 38.0. The molecule has 0 amide bonds. The smallest absolute Gasteiger partial charge is 0.198 e. The number of Topliss-reactive ketones (excluding diaryl/α,β-unsaturated/α-hetero) is 1. The molecule has 0 aliphatic heterocycles. The van der Waals surface area contributed by atoms with Crippen LogP contribution in [0, 0.1) is 5.82 Å². The summed E-state index contributed by atoms with van der Waals surface area (Å²) in [5, 5.41) is 0. The molecule has 3 rings (SSSR count). The number of rotatable bonds is 6. The summed E-state index contributed by atoms with van der Waals surface area (Å²) in [6.45, 7) is 0. The van der Waals surface area contributed by atoms with Gasteiger partial charge in [0.05, 0.1) is 4.90 Å². The van der Waals surface area contributed by atoms with Gasteiger partial charge in [0.1, 0.15) is 5.82 Å². The molecule has 0 aliphatic carbocycles. The van der Waals surface area contributed by atoms with Crippen LogP contribution in [0.25, 0.3) is 0 Å². The number of carbonyl (C=O) groups excluding carboxylic acids is 1. The lowest BCUT2D eigenvalue weighted by atomic mass is 10.1. The standard InChI is InChI=1S/C20H15FO3S2/c21-16-13-11-15(12-14-16)19(22)20(25-17-7-3-1-4-8-17)26(23,24)18-9-5-2-6-10-18/h1-14,20H. The molecule has 0 spiro atoms. The Bertz CT molecular complexity index is 986. The zero-order valence-electron chi connectivity index (χ0n) is 13.6. The number of carbonyl (C=O) groups is 1. The van der Waals surface area contributed by atoms with Crippen molar-refractivity contribution in [3.8, 4) is 0 Å². The second kappa shape index (κ2) is 7.85. The van der Waals surface area contributed by atoms with Gasteiger partial charge < -0.3 is 0 Å². The first kappa shape index (κ1) is 18.4. The molecule has 0 heterocycles. The van der Waals surface area contributed by atoms with Crippen LogP contribution in [0.4, 0.5) is 4.39 Å². The van der Waals surface area contributed by atoms with Crippen LogP contribution in [-0.4, -0.2) is 18.8 Å². The van der Waals surface area contributed by atoms with Gasteiger partial charge in [-0.2, -0.15) is 0 Å². The summed E-state index contributed by atoms with van der Waals surface area (Å²) in [6.07, 6.45) is 0. The number of halogens is 1. The predicted octanol–water partition coefficient (Wildman–Crippen LogP) is 4.60. The topological polar surface area (TPSA) is 51.2 Å². The lowest BCUT2D eigenvalue weighted by Crippen LogP contribution is -2.27. The highest BCUT2D eigenvalue weighted by atomic mass is 32.3. The molecule has 1 unspecified atom stereocenters. The molecule has 0 aromatic heterocycles. The van der Waals surface area contributed by atoms with Gasteiger partial charge in [-0.25, -0.2) is 12.8 Å². The molecule has 0 aliphatic rings. The zero-order chi connectivity index (χ0) is 18.6. The molecule has 132 valence electrons. The molecule has 0 fully saturated rings. The Hall–Kier alpha value is -2.44. The van der Waals surface area contributed by atoms with Gasteiger partial charge in [0, 0.05) is 10.5 Å². The van der Waals surface area contributed by atoms with Crippen molar-refractivity contribution in [2.45, 2.75) is 14.4 Å². The van der Waals surface area contributed by atoms with E-state index in [2.05, 4.69) is 0 Å². The van der Waals surface area contributed by atoms with Crippen LogP contribution in [0.5, 0.6) is 0 Å². The van der Waals surface area contributed by atoms with Crippen molar-refractivity contribution >= 4 is 27.4 Å². The number of hydrogen-bond donors (Lipinski definition) is 0. The Morgan fingerprint density at radius 2 is 1.35 bits per heavy atom. The fourth-order valence-corrected chi connectivity index (χ4v) is 5.54. The Morgan fingerprint density at radius 1 is 0.808 bits per heavy atom. The van der Waals surface area contributed by atoms with Gasteiger partial charge in [-0.05, 0) is 48.5 Å². The van der Waals surface area contributed by atoms with Gasteiger partial charge >= 0.3 is 0 Å². The minimum Gasteiger partial charge on any atom is -0.292 e. The third-order valence-corrected chi connectivity index (χ3v) is 7.41. The maximum Gasteiger partial charge on any atom is 0.198 e. The number of sulfone groups is 1. The Labute approximate surface area is 155 Å². The van der Waals surface area contributed by atoms with Crippen LogP contribution in [0.2, 0.25) is 0 Å². The predicted molar refractivity (Wildman–Crippen MR) is 100 cm³/mol. The van der Waals surface area contributed by atoms with Gasteiger partial charge in [-0.1, -0.05) is 48.2 Å². The molecule has 3 nitrogen and oxygen atoms in total. The van der Waals surface area contributed by atoms with Gasteiger partial charge in [0.15, 0.2) is 20.2 Å². The van der Waals surface area contributed by atoms with E-state index in [0.29, 0.717) is 4.90 Å². The fourth-order valence-electron chi connectivity index (χ4n) is 2.36. The third kappa shape index (κ3) is 4.03. The summed E-state index contributed by atoms with van der Waals surface area (Å²) in [5.41, 5.74) is 0.152. The first-order valence-corrected chi connectivity index (χ1v) is 10.2. The molecule has 26 heavy (non-hydrogen) atoms. The molecule has 1 atom stereocenters. The van der Waals surface area contributed by atoms with E-state index < -0.39 is 26.0 Å². The summed E-state index contributed by atoms with van der Waals surface area (Å²) in [4.78, 5) is 13.7. The normalized spacial score (nSPS) is 12.5. The van der Waals surface area contributed by atoms with Crippen molar-refractivity contribution in [1.82, 2.24) is 0 Å².